The van der Waals surface area contributed by atoms with Crippen molar-refractivity contribution in [2.45, 2.75) is 25.8 Å². The second kappa shape index (κ2) is 8.34. The summed E-state index contributed by atoms with van der Waals surface area (Å²) in [6.07, 6.45) is 9.51. The van der Waals surface area contributed by atoms with Crippen LogP contribution in [0, 0.1) is 0 Å². The van der Waals surface area contributed by atoms with Crippen LogP contribution in [0.5, 0.6) is 5.75 Å². The minimum atomic E-state index is 0.0424. The predicted molar refractivity (Wildman–Crippen MR) is 103 cm³/mol. The third-order valence-electron chi connectivity index (χ3n) is 4.33. The lowest BCUT2D eigenvalue weighted by Crippen LogP contribution is -2.07. The van der Waals surface area contributed by atoms with Crippen molar-refractivity contribution in [1.29, 1.82) is 0 Å². The third-order valence-corrected chi connectivity index (χ3v) is 4.33. The number of aryl methyl sites for hydroxylation is 1. The molecule has 0 radical (unpaired) electrons. The maximum absolute atomic E-state index is 12.0. The number of unbranched alkanes of at least 4 members (excludes halogenated alkanes) is 1. The third kappa shape index (κ3) is 4.38. The number of allylic oxidation sites excluding steroid dienone is 2. The summed E-state index contributed by atoms with van der Waals surface area (Å²) in [6, 6.07) is 17.8. The zero-order valence-corrected chi connectivity index (χ0v) is 14.5. The van der Waals surface area contributed by atoms with Gasteiger partial charge in [0.2, 0.25) is 0 Å². The molecule has 0 unspecified atom stereocenters. The number of benzene rings is 2. The monoisotopic (exact) mass is 333 g/mol. The van der Waals surface area contributed by atoms with Crippen LogP contribution < -0.4 is 10.2 Å². The standard InChI is InChI=1S/C22H23NO2/c1-25-19-12-13-20-21(17-19)23(16-14-22(20)24)15-8-3-2-5-9-18-10-6-4-7-11-18/h3-4,6-8,10-14,16-17H,2,5,9,15H2,1H3/b8-3+. The first-order valence-corrected chi connectivity index (χ1v) is 8.64. The van der Waals surface area contributed by atoms with Crippen LogP contribution in [0.4, 0.5) is 0 Å². The van der Waals surface area contributed by atoms with Gasteiger partial charge in [-0.3, -0.25) is 4.79 Å². The highest BCUT2D eigenvalue weighted by molar-refractivity contribution is 5.80. The van der Waals surface area contributed by atoms with Crippen molar-refractivity contribution in [3.63, 3.8) is 0 Å². The Kier molecular flexibility index (Phi) is 5.68. The van der Waals surface area contributed by atoms with Crippen LogP contribution in [0.25, 0.3) is 10.9 Å². The van der Waals surface area contributed by atoms with E-state index in [2.05, 4.69) is 41.0 Å². The molecule has 1 aromatic heterocycles. The smallest absolute Gasteiger partial charge is 0.189 e. The van der Waals surface area contributed by atoms with E-state index in [0.717, 1.165) is 42.5 Å². The number of aromatic nitrogens is 1. The topological polar surface area (TPSA) is 31.2 Å². The summed E-state index contributed by atoms with van der Waals surface area (Å²) < 4.78 is 7.36. The molecule has 0 aliphatic heterocycles. The minimum absolute atomic E-state index is 0.0424. The molecule has 128 valence electrons. The number of hydrogen-bond donors (Lipinski definition) is 0. The molecule has 3 nitrogen and oxygen atoms in total. The number of ether oxygens (including phenoxy) is 1. The van der Waals surface area contributed by atoms with Gasteiger partial charge in [0.1, 0.15) is 5.75 Å². The molecule has 0 amide bonds. The summed E-state index contributed by atoms with van der Waals surface area (Å²) in [6.45, 7) is 0.745. The fraction of sp³-hybridized carbons (Fsp3) is 0.227. The lowest BCUT2D eigenvalue weighted by molar-refractivity contribution is 0.415. The van der Waals surface area contributed by atoms with Crippen LogP contribution in [-0.2, 0) is 13.0 Å². The van der Waals surface area contributed by atoms with Crippen molar-refractivity contribution in [3.05, 3.63) is 88.7 Å². The zero-order chi connectivity index (χ0) is 17.5. The van der Waals surface area contributed by atoms with Crippen molar-refractivity contribution in [2.24, 2.45) is 0 Å². The van der Waals surface area contributed by atoms with Crippen molar-refractivity contribution in [1.82, 2.24) is 4.57 Å². The number of pyridine rings is 1. The van der Waals surface area contributed by atoms with Gasteiger partial charge in [0, 0.05) is 30.3 Å². The van der Waals surface area contributed by atoms with Gasteiger partial charge in [-0.2, -0.15) is 0 Å². The molecule has 1 heterocycles. The molecule has 0 aliphatic carbocycles. The summed E-state index contributed by atoms with van der Waals surface area (Å²) >= 11 is 0. The van der Waals surface area contributed by atoms with Gasteiger partial charge in [0.05, 0.1) is 12.6 Å². The Labute approximate surface area is 148 Å². The molecule has 2 aromatic carbocycles. The first-order valence-electron chi connectivity index (χ1n) is 8.64. The van der Waals surface area contributed by atoms with E-state index in [9.17, 15) is 4.79 Å². The molecule has 0 aliphatic rings. The Morgan fingerprint density at radius 1 is 1.04 bits per heavy atom. The summed E-state index contributed by atoms with van der Waals surface area (Å²) in [5, 5.41) is 0.723. The van der Waals surface area contributed by atoms with Crippen LogP contribution in [0.15, 0.2) is 77.7 Å². The fourth-order valence-corrected chi connectivity index (χ4v) is 2.95. The van der Waals surface area contributed by atoms with E-state index in [1.54, 1.807) is 13.2 Å². The highest BCUT2D eigenvalue weighted by atomic mass is 16.5. The second-order valence-electron chi connectivity index (χ2n) is 6.06. The molecule has 0 N–H and O–H groups in total. The molecular weight excluding hydrogens is 310 g/mol. The van der Waals surface area contributed by atoms with E-state index in [-0.39, 0.29) is 5.43 Å². The second-order valence-corrected chi connectivity index (χ2v) is 6.06. The van der Waals surface area contributed by atoms with E-state index in [1.807, 2.05) is 30.5 Å². The lowest BCUT2D eigenvalue weighted by atomic mass is 10.1. The predicted octanol–water partition coefficient (Wildman–Crippen LogP) is 4.59. The molecule has 3 heteroatoms. The van der Waals surface area contributed by atoms with Crippen molar-refractivity contribution in [2.75, 3.05) is 7.11 Å². The van der Waals surface area contributed by atoms with Gasteiger partial charge in [0.25, 0.3) is 0 Å². The summed E-state index contributed by atoms with van der Waals surface area (Å²) in [5.41, 5.74) is 2.33. The van der Waals surface area contributed by atoms with Crippen LogP contribution >= 0.6 is 0 Å². The average molecular weight is 333 g/mol. The molecule has 0 spiro atoms. The normalized spacial score (nSPS) is 11.2. The Morgan fingerprint density at radius 2 is 1.88 bits per heavy atom. The van der Waals surface area contributed by atoms with Crippen LogP contribution in [0.2, 0.25) is 0 Å². The molecule has 0 saturated carbocycles. The van der Waals surface area contributed by atoms with E-state index >= 15 is 0 Å². The zero-order valence-electron chi connectivity index (χ0n) is 14.5. The van der Waals surface area contributed by atoms with Crippen LogP contribution in [0.1, 0.15) is 18.4 Å². The molecule has 3 aromatic rings. The first-order chi connectivity index (χ1) is 12.3. The number of hydrogen-bond acceptors (Lipinski definition) is 2. The Balaban J connectivity index is 1.62. The van der Waals surface area contributed by atoms with Gasteiger partial charge < -0.3 is 9.30 Å². The van der Waals surface area contributed by atoms with Crippen molar-refractivity contribution >= 4 is 10.9 Å². The maximum Gasteiger partial charge on any atom is 0.189 e. The van der Waals surface area contributed by atoms with E-state index in [4.69, 9.17) is 4.74 Å². The van der Waals surface area contributed by atoms with Crippen molar-refractivity contribution in [3.8, 4) is 5.75 Å². The number of nitrogens with zero attached hydrogens (tertiary/aromatic N) is 1. The Bertz CT molecular complexity index is 910. The van der Waals surface area contributed by atoms with Crippen LogP contribution in [-0.4, -0.2) is 11.7 Å². The summed E-state index contributed by atoms with van der Waals surface area (Å²) in [4.78, 5) is 12.0. The van der Waals surface area contributed by atoms with E-state index < -0.39 is 0 Å². The number of rotatable bonds is 7. The number of methoxy groups -OCH3 is 1. The molecule has 0 bridgehead atoms. The van der Waals surface area contributed by atoms with Gasteiger partial charge in [-0.15, -0.1) is 0 Å². The maximum atomic E-state index is 12.0. The average Bonchev–Trinajstić information content (AvgIpc) is 2.66. The van der Waals surface area contributed by atoms with Gasteiger partial charge in [-0.05, 0) is 37.0 Å². The van der Waals surface area contributed by atoms with Gasteiger partial charge in [-0.1, -0.05) is 42.5 Å². The van der Waals surface area contributed by atoms with Gasteiger partial charge >= 0.3 is 0 Å². The Morgan fingerprint density at radius 3 is 2.68 bits per heavy atom. The van der Waals surface area contributed by atoms with Gasteiger partial charge in [0.15, 0.2) is 5.43 Å². The largest absolute Gasteiger partial charge is 0.497 e. The minimum Gasteiger partial charge on any atom is -0.497 e. The molecule has 25 heavy (non-hydrogen) atoms. The van der Waals surface area contributed by atoms with E-state index in [0.29, 0.717) is 0 Å². The van der Waals surface area contributed by atoms with Crippen LogP contribution in [0.3, 0.4) is 0 Å². The highest BCUT2D eigenvalue weighted by Crippen LogP contribution is 2.18. The summed E-state index contributed by atoms with van der Waals surface area (Å²) in [5.74, 6) is 0.763. The Hall–Kier alpha value is -2.81. The molecule has 0 fully saturated rings. The molecule has 0 saturated heterocycles. The first kappa shape index (κ1) is 17.0. The molecular formula is C22H23NO2. The summed E-state index contributed by atoms with van der Waals surface area (Å²) in [7, 11) is 1.64. The quantitative estimate of drug-likeness (QED) is 0.468. The SMILES string of the molecule is COc1ccc2c(=O)ccn(C/C=C/CCCc3ccccc3)c2c1. The van der Waals surface area contributed by atoms with Crippen molar-refractivity contribution < 1.29 is 4.74 Å². The number of fused-ring (bicyclic) bond motifs is 1. The van der Waals surface area contributed by atoms with Gasteiger partial charge in [-0.25, -0.2) is 0 Å². The fourth-order valence-electron chi connectivity index (χ4n) is 2.95. The molecule has 3 rings (SSSR count). The lowest BCUT2D eigenvalue weighted by Gasteiger charge is -2.09. The van der Waals surface area contributed by atoms with E-state index in [1.165, 1.54) is 5.56 Å². The molecule has 0 atom stereocenters. The highest BCUT2D eigenvalue weighted by Gasteiger charge is 2.03.